The second-order valence-corrected chi connectivity index (χ2v) is 7.51. The number of carbonyl (C=O) groups is 1. The number of ether oxygens (including phenoxy) is 1. The highest BCUT2D eigenvalue weighted by molar-refractivity contribution is 5.77. The summed E-state index contributed by atoms with van der Waals surface area (Å²) in [4.78, 5) is 19.6. The van der Waals surface area contributed by atoms with Gasteiger partial charge >= 0.3 is 0 Å². The van der Waals surface area contributed by atoms with E-state index in [-0.39, 0.29) is 17.8 Å². The van der Waals surface area contributed by atoms with Gasteiger partial charge in [-0.2, -0.15) is 0 Å². The average molecular weight is 404 g/mol. The smallest absolute Gasteiger partial charge is 0.226 e. The van der Waals surface area contributed by atoms with Gasteiger partial charge in [-0.05, 0) is 54.8 Å². The van der Waals surface area contributed by atoms with Gasteiger partial charge in [-0.25, -0.2) is 4.39 Å². The number of hydrogen-bond acceptors (Lipinski definition) is 3. The van der Waals surface area contributed by atoms with Gasteiger partial charge in [-0.1, -0.05) is 36.4 Å². The summed E-state index contributed by atoms with van der Waals surface area (Å²) in [6.07, 6.45) is 2.87. The molecule has 0 unspecified atom stereocenters. The Morgan fingerprint density at radius 2 is 1.83 bits per heavy atom. The highest BCUT2D eigenvalue weighted by Gasteiger charge is 2.30. The van der Waals surface area contributed by atoms with Crippen LogP contribution in [0.2, 0.25) is 0 Å². The third-order valence-electron chi connectivity index (χ3n) is 5.37. The van der Waals surface area contributed by atoms with Crippen LogP contribution in [0.15, 0.2) is 72.8 Å². The van der Waals surface area contributed by atoms with Gasteiger partial charge in [0.25, 0.3) is 0 Å². The minimum Gasteiger partial charge on any atom is -0.493 e. The van der Waals surface area contributed by atoms with Gasteiger partial charge in [0.05, 0.1) is 24.8 Å². The van der Waals surface area contributed by atoms with Crippen molar-refractivity contribution in [3.63, 3.8) is 0 Å². The second kappa shape index (κ2) is 9.53. The van der Waals surface area contributed by atoms with E-state index >= 15 is 0 Å². The van der Waals surface area contributed by atoms with Gasteiger partial charge in [0.15, 0.2) is 0 Å². The molecule has 1 amide bonds. The van der Waals surface area contributed by atoms with Gasteiger partial charge in [0, 0.05) is 18.7 Å². The highest BCUT2D eigenvalue weighted by Crippen LogP contribution is 2.31. The summed E-state index contributed by atoms with van der Waals surface area (Å²) < 4.78 is 18.8. The molecule has 1 atom stereocenters. The Hall–Kier alpha value is -3.21. The zero-order valence-electron chi connectivity index (χ0n) is 16.8. The number of halogens is 1. The van der Waals surface area contributed by atoms with E-state index in [1.165, 1.54) is 12.1 Å². The van der Waals surface area contributed by atoms with Crippen molar-refractivity contribution in [1.29, 1.82) is 0 Å². The number of pyridine rings is 1. The molecule has 0 saturated carbocycles. The Balaban J connectivity index is 1.38. The molecule has 0 spiro atoms. The summed E-state index contributed by atoms with van der Waals surface area (Å²) in [6, 6.07) is 22.0. The van der Waals surface area contributed by atoms with Crippen LogP contribution in [-0.2, 0) is 11.2 Å². The van der Waals surface area contributed by atoms with E-state index in [0.717, 1.165) is 42.1 Å². The Kier molecular flexibility index (Phi) is 6.38. The van der Waals surface area contributed by atoms with Gasteiger partial charge < -0.3 is 9.64 Å². The minimum absolute atomic E-state index is 0.00222. The fourth-order valence-corrected chi connectivity index (χ4v) is 3.88. The lowest BCUT2D eigenvalue weighted by atomic mass is 10.1. The summed E-state index contributed by atoms with van der Waals surface area (Å²) >= 11 is 0. The first-order valence-corrected chi connectivity index (χ1v) is 10.4. The molecule has 154 valence electrons. The lowest BCUT2D eigenvalue weighted by Gasteiger charge is -2.25. The van der Waals surface area contributed by atoms with Crippen LogP contribution in [-0.4, -0.2) is 28.9 Å². The predicted octanol–water partition coefficient (Wildman–Crippen LogP) is 4.94. The van der Waals surface area contributed by atoms with Gasteiger partial charge in [-0.3, -0.25) is 9.78 Å². The van der Waals surface area contributed by atoms with Crippen molar-refractivity contribution in [3.8, 4) is 5.75 Å². The van der Waals surface area contributed by atoms with E-state index in [2.05, 4.69) is 0 Å². The van der Waals surface area contributed by atoms with Crippen molar-refractivity contribution < 1.29 is 13.9 Å². The fourth-order valence-electron chi connectivity index (χ4n) is 3.88. The van der Waals surface area contributed by atoms with Crippen LogP contribution >= 0.6 is 0 Å². The first kappa shape index (κ1) is 20.1. The van der Waals surface area contributed by atoms with E-state index in [1.54, 1.807) is 12.1 Å². The number of carbonyl (C=O) groups excluding carboxylic acids is 1. The molecule has 1 aromatic heterocycles. The molecule has 5 heteroatoms. The molecule has 1 fully saturated rings. The molecule has 1 saturated heterocycles. The van der Waals surface area contributed by atoms with Crippen LogP contribution < -0.4 is 4.74 Å². The zero-order chi connectivity index (χ0) is 20.8. The Labute approximate surface area is 176 Å². The van der Waals surface area contributed by atoms with E-state index in [1.807, 2.05) is 53.4 Å². The predicted molar refractivity (Wildman–Crippen MR) is 114 cm³/mol. The quantitative estimate of drug-likeness (QED) is 0.560. The van der Waals surface area contributed by atoms with Crippen molar-refractivity contribution in [2.75, 3.05) is 13.2 Å². The third-order valence-corrected chi connectivity index (χ3v) is 5.37. The Bertz CT molecular complexity index is 976. The number of rotatable bonds is 7. The van der Waals surface area contributed by atoms with Crippen LogP contribution in [0.25, 0.3) is 0 Å². The van der Waals surface area contributed by atoms with E-state index in [9.17, 15) is 9.18 Å². The van der Waals surface area contributed by atoms with Crippen LogP contribution in [0.3, 0.4) is 0 Å². The number of aromatic nitrogens is 1. The summed E-state index contributed by atoms with van der Waals surface area (Å²) in [7, 11) is 0. The van der Waals surface area contributed by atoms with Gasteiger partial charge in [0.1, 0.15) is 11.6 Å². The largest absolute Gasteiger partial charge is 0.493 e. The molecule has 0 bridgehead atoms. The average Bonchev–Trinajstić information content (AvgIpc) is 3.26. The SMILES string of the molecule is O=C(CCOc1ccccc1)N1CCC[C@@H]1c1cccc(Cc2ccc(F)cc2)n1. The Morgan fingerprint density at radius 1 is 1.03 bits per heavy atom. The van der Waals surface area contributed by atoms with E-state index in [4.69, 9.17) is 9.72 Å². The number of nitrogens with zero attached hydrogens (tertiary/aromatic N) is 2. The summed E-state index contributed by atoms with van der Waals surface area (Å²) in [5.41, 5.74) is 2.86. The molecule has 2 heterocycles. The molecular formula is C25H25FN2O2. The topological polar surface area (TPSA) is 42.4 Å². The number of amides is 1. The van der Waals surface area contributed by atoms with Crippen molar-refractivity contribution in [1.82, 2.24) is 9.88 Å². The summed E-state index contributed by atoms with van der Waals surface area (Å²) in [6.45, 7) is 1.11. The number of benzene rings is 2. The van der Waals surface area contributed by atoms with Crippen LogP contribution in [0.5, 0.6) is 5.75 Å². The van der Waals surface area contributed by atoms with Gasteiger partial charge in [0.2, 0.25) is 5.91 Å². The molecule has 30 heavy (non-hydrogen) atoms. The minimum atomic E-state index is -0.239. The monoisotopic (exact) mass is 404 g/mol. The molecule has 2 aromatic carbocycles. The van der Waals surface area contributed by atoms with Crippen LogP contribution in [0.1, 0.15) is 42.3 Å². The maximum atomic E-state index is 13.1. The summed E-state index contributed by atoms with van der Waals surface area (Å²) in [5.74, 6) is 0.634. The number of para-hydroxylation sites is 1. The van der Waals surface area contributed by atoms with Gasteiger partial charge in [-0.15, -0.1) is 0 Å². The molecule has 0 N–H and O–H groups in total. The van der Waals surface area contributed by atoms with Crippen molar-refractivity contribution in [3.05, 3.63) is 95.6 Å². The molecule has 1 aliphatic rings. The fraction of sp³-hybridized carbons (Fsp3) is 0.280. The third kappa shape index (κ3) is 5.03. The van der Waals surface area contributed by atoms with Crippen molar-refractivity contribution in [2.24, 2.45) is 0 Å². The molecule has 4 rings (SSSR count). The lowest BCUT2D eigenvalue weighted by Crippen LogP contribution is -2.32. The maximum Gasteiger partial charge on any atom is 0.226 e. The summed E-state index contributed by atoms with van der Waals surface area (Å²) in [5, 5.41) is 0. The normalized spacial score (nSPS) is 15.9. The molecule has 0 aliphatic carbocycles. The standard InChI is InChI=1S/C25H25FN2O2/c26-20-13-11-19(12-14-20)18-21-6-4-9-23(27-21)24-10-5-16-28(24)25(29)15-17-30-22-7-2-1-3-8-22/h1-4,6-9,11-14,24H,5,10,15-18H2/t24-/m1/s1. The van der Waals surface area contributed by atoms with Crippen molar-refractivity contribution >= 4 is 5.91 Å². The van der Waals surface area contributed by atoms with Crippen LogP contribution in [0.4, 0.5) is 4.39 Å². The molecule has 0 radical (unpaired) electrons. The highest BCUT2D eigenvalue weighted by atomic mass is 19.1. The number of hydrogen-bond donors (Lipinski definition) is 0. The first-order valence-electron chi connectivity index (χ1n) is 10.4. The molecular weight excluding hydrogens is 379 g/mol. The zero-order valence-corrected chi connectivity index (χ0v) is 16.8. The molecule has 1 aliphatic heterocycles. The second-order valence-electron chi connectivity index (χ2n) is 7.51. The lowest BCUT2D eigenvalue weighted by molar-refractivity contribution is -0.132. The maximum absolute atomic E-state index is 13.1. The molecule has 3 aromatic rings. The van der Waals surface area contributed by atoms with Crippen LogP contribution in [0, 0.1) is 5.82 Å². The van der Waals surface area contributed by atoms with E-state index < -0.39 is 0 Å². The molecule has 4 nitrogen and oxygen atoms in total. The van der Waals surface area contributed by atoms with E-state index in [0.29, 0.717) is 19.4 Å². The van der Waals surface area contributed by atoms with Crippen molar-refractivity contribution in [2.45, 2.75) is 31.7 Å². The number of likely N-dealkylation sites (tertiary alicyclic amines) is 1. The Morgan fingerprint density at radius 3 is 2.63 bits per heavy atom. The first-order chi connectivity index (χ1) is 14.7.